The predicted octanol–water partition coefficient (Wildman–Crippen LogP) is -1.24. The minimum absolute atomic E-state index is 0.0430. The van der Waals surface area contributed by atoms with Crippen LogP contribution >= 0.6 is 0 Å². The minimum atomic E-state index is -0.358. The van der Waals surface area contributed by atoms with Gasteiger partial charge in [-0.25, -0.2) is 0 Å². The predicted molar refractivity (Wildman–Crippen MR) is 83.7 cm³/mol. The molecule has 6 rings (SSSR count). The van der Waals surface area contributed by atoms with Crippen LogP contribution in [0.5, 0.6) is 0 Å². The second-order valence-electron chi connectivity index (χ2n) is 8.55. The molecular weight excluding hydrogens is 340 g/mol. The number of carbonyl (C=O) groups excluding carboxylic acids is 5. The summed E-state index contributed by atoms with van der Waals surface area (Å²) in [6.07, 6.45) is 2.46. The van der Waals surface area contributed by atoms with Crippen molar-refractivity contribution >= 4 is 29.4 Å². The molecule has 6 aliphatic rings. The van der Waals surface area contributed by atoms with E-state index in [0.29, 0.717) is 12.8 Å². The number of aliphatic hydroxyl groups excluding tert-OH is 1. The normalized spacial score (nSPS) is 49.7. The molecule has 0 spiro atoms. The van der Waals surface area contributed by atoms with E-state index < -0.39 is 0 Å². The Morgan fingerprint density at radius 1 is 0.692 bits per heavy atom. The molecule has 0 aromatic rings. The number of aliphatic hydroxyl groups is 1. The first kappa shape index (κ1) is 16.1. The molecule has 9 unspecified atom stereocenters. The van der Waals surface area contributed by atoms with Crippen molar-refractivity contribution in [3.63, 3.8) is 0 Å². The van der Waals surface area contributed by atoms with E-state index in [0.717, 1.165) is 12.8 Å². The van der Waals surface area contributed by atoms with Crippen molar-refractivity contribution in [1.82, 2.24) is 10.6 Å². The van der Waals surface area contributed by atoms with Crippen LogP contribution < -0.4 is 10.6 Å². The lowest BCUT2D eigenvalue weighted by Crippen LogP contribution is -2.33. The van der Waals surface area contributed by atoms with Gasteiger partial charge in [-0.1, -0.05) is 0 Å². The lowest BCUT2D eigenvalue weighted by atomic mass is 9.80. The number of Topliss-reactive ketones (excluding diaryl/α,β-unsaturated/α-hetero) is 1. The van der Waals surface area contributed by atoms with Gasteiger partial charge in [0, 0.05) is 12.3 Å². The van der Waals surface area contributed by atoms with Crippen LogP contribution in [-0.2, 0) is 24.0 Å². The summed E-state index contributed by atoms with van der Waals surface area (Å²) in [5, 5.41) is 14.2. The van der Waals surface area contributed by atoms with Gasteiger partial charge in [-0.2, -0.15) is 0 Å². The summed E-state index contributed by atoms with van der Waals surface area (Å²) in [6, 6.07) is 0. The molecule has 26 heavy (non-hydrogen) atoms. The van der Waals surface area contributed by atoms with Crippen molar-refractivity contribution in [2.24, 2.45) is 47.3 Å². The Bertz CT molecular complexity index is 763. The van der Waals surface area contributed by atoms with Crippen LogP contribution in [0.25, 0.3) is 0 Å². The van der Waals surface area contributed by atoms with E-state index in [2.05, 4.69) is 10.6 Å². The number of rotatable bonds is 0. The maximum Gasteiger partial charge on any atom is 0.231 e. The Kier molecular flexibility index (Phi) is 3.23. The number of hydrogen-bond acceptors (Lipinski definition) is 6. The standard InChI is InChI=1S/C9H11NO3.C9H9NO3/c2*11-5-2-3-1-4(5)7-6(3)8(12)10-9(7)13/h3-7,11H,1-2H2,(H,10,12,13);3-4,6-7H,1-2H2,(H,10,12,13). The second-order valence-corrected chi connectivity index (χ2v) is 8.55. The molecule has 4 saturated carbocycles. The van der Waals surface area contributed by atoms with Gasteiger partial charge in [-0.15, -0.1) is 0 Å². The molecule has 8 nitrogen and oxygen atoms in total. The molecule has 6 fully saturated rings. The summed E-state index contributed by atoms with van der Waals surface area (Å²) in [5.74, 6) is -1.05. The summed E-state index contributed by atoms with van der Waals surface area (Å²) in [5.41, 5.74) is 0. The highest BCUT2D eigenvalue weighted by atomic mass is 16.3. The smallest absolute Gasteiger partial charge is 0.231 e. The average molecular weight is 360 g/mol. The first-order chi connectivity index (χ1) is 12.4. The van der Waals surface area contributed by atoms with E-state index >= 15 is 0 Å². The third kappa shape index (κ3) is 1.96. The fourth-order valence-corrected chi connectivity index (χ4v) is 6.48. The first-order valence-corrected chi connectivity index (χ1v) is 9.27. The maximum absolute atomic E-state index is 11.4. The third-order valence-corrected chi connectivity index (χ3v) is 7.44. The molecule has 0 radical (unpaired) electrons. The highest BCUT2D eigenvalue weighted by Crippen LogP contribution is 2.54. The van der Waals surface area contributed by atoms with Gasteiger partial charge < -0.3 is 5.11 Å². The Balaban J connectivity index is 0.000000115. The average Bonchev–Trinajstić information content (AvgIpc) is 3.34. The van der Waals surface area contributed by atoms with Gasteiger partial charge >= 0.3 is 0 Å². The topological polar surface area (TPSA) is 130 Å². The van der Waals surface area contributed by atoms with Gasteiger partial charge in [0.05, 0.1) is 29.8 Å². The Labute approximate surface area is 149 Å². The van der Waals surface area contributed by atoms with Gasteiger partial charge in [0.2, 0.25) is 23.6 Å². The largest absolute Gasteiger partial charge is 0.393 e. The minimum Gasteiger partial charge on any atom is -0.393 e. The third-order valence-electron chi connectivity index (χ3n) is 7.44. The molecule has 9 atom stereocenters. The number of fused-ring (bicyclic) bond motifs is 10. The van der Waals surface area contributed by atoms with E-state index in [1.165, 1.54) is 0 Å². The molecule has 2 heterocycles. The maximum atomic E-state index is 11.4. The zero-order valence-corrected chi connectivity index (χ0v) is 14.0. The fraction of sp³-hybridized carbons (Fsp3) is 0.722. The molecule has 0 aromatic heterocycles. The monoisotopic (exact) mass is 360 g/mol. The molecule has 2 aliphatic heterocycles. The van der Waals surface area contributed by atoms with E-state index in [1.807, 2.05) is 0 Å². The van der Waals surface area contributed by atoms with Crippen LogP contribution in [0.1, 0.15) is 25.7 Å². The van der Waals surface area contributed by atoms with Crippen LogP contribution in [0, 0.1) is 47.3 Å². The van der Waals surface area contributed by atoms with Gasteiger partial charge in [0.1, 0.15) is 5.78 Å². The Morgan fingerprint density at radius 2 is 1.27 bits per heavy atom. The van der Waals surface area contributed by atoms with Crippen LogP contribution in [0.4, 0.5) is 0 Å². The number of imide groups is 2. The number of amides is 4. The molecule has 4 bridgehead atoms. The zero-order valence-electron chi connectivity index (χ0n) is 14.0. The lowest BCUT2D eigenvalue weighted by Gasteiger charge is -2.24. The van der Waals surface area contributed by atoms with E-state index in [9.17, 15) is 29.1 Å². The Hall–Kier alpha value is -2.09. The van der Waals surface area contributed by atoms with Crippen molar-refractivity contribution in [1.29, 1.82) is 0 Å². The van der Waals surface area contributed by atoms with Crippen LogP contribution in [0.3, 0.4) is 0 Å². The fourth-order valence-electron chi connectivity index (χ4n) is 6.48. The molecule has 138 valence electrons. The number of carbonyl (C=O) groups is 5. The summed E-state index contributed by atoms with van der Waals surface area (Å²) in [7, 11) is 0. The van der Waals surface area contributed by atoms with Crippen molar-refractivity contribution < 1.29 is 29.1 Å². The SMILES string of the molecule is O=C1CC2CC1C1C(=O)NC(=O)C21.O=C1NC(=O)C2C3CC(CC3O)C12. The molecule has 8 heteroatoms. The van der Waals surface area contributed by atoms with Crippen LogP contribution in [0.15, 0.2) is 0 Å². The highest BCUT2D eigenvalue weighted by molar-refractivity contribution is 6.09. The van der Waals surface area contributed by atoms with Crippen molar-refractivity contribution in [2.45, 2.75) is 31.8 Å². The molecular formula is C18H20N2O6. The molecule has 2 saturated heterocycles. The van der Waals surface area contributed by atoms with Crippen molar-refractivity contribution in [3.8, 4) is 0 Å². The van der Waals surface area contributed by atoms with Gasteiger partial charge in [0.15, 0.2) is 0 Å². The summed E-state index contributed by atoms with van der Waals surface area (Å²) in [6.45, 7) is 0. The molecule has 3 N–H and O–H groups in total. The van der Waals surface area contributed by atoms with E-state index in [4.69, 9.17) is 0 Å². The van der Waals surface area contributed by atoms with Crippen LogP contribution in [-0.4, -0.2) is 40.6 Å². The van der Waals surface area contributed by atoms with E-state index in [1.54, 1.807) is 0 Å². The first-order valence-electron chi connectivity index (χ1n) is 9.27. The quantitative estimate of drug-likeness (QED) is 0.463. The number of ketones is 1. The van der Waals surface area contributed by atoms with Crippen LogP contribution in [0.2, 0.25) is 0 Å². The molecule has 4 aliphatic carbocycles. The zero-order chi connectivity index (χ0) is 18.3. The van der Waals surface area contributed by atoms with Gasteiger partial charge in [0.25, 0.3) is 0 Å². The number of hydrogen-bond donors (Lipinski definition) is 3. The lowest BCUT2D eigenvalue weighted by molar-refractivity contribution is -0.131. The van der Waals surface area contributed by atoms with Gasteiger partial charge in [-0.3, -0.25) is 34.6 Å². The van der Waals surface area contributed by atoms with Crippen molar-refractivity contribution in [3.05, 3.63) is 0 Å². The van der Waals surface area contributed by atoms with E-state index in [-0.39, 0.29) is 82.9 Å². The summed E-state index contributed by atoms with van der Waals surface area (Å²) >= 11 is 0. The van der Waals surface area contributed by atoms with Gasteiger partial charge in [-0.05, 0) is 37.0 Å². The molecule has 0 aromatic carbocycles. The highest BCUT2D eigenvalue weighted by Gasteiger charge is 2.62. The summed E-state index contributed by atoms with van der Waals surface area (Å²) < 4.78 is 0. The molecule has 4 amide bonds. The Morgan fingerprint density at radius 3 is 1.96 bits per heavy atom. The van der Waals surface area contributed by atoms with Crippen molar-refractivity contribution in [2.75, 3.05) is 0 Å². The number of nitrogens with one attached hydrogen (secondary N) is 2. The summed E-state index contributed by atoms with van der Waals surface area (Å²) in [4.78, 5) is 56.7. The second kappa shape index (κ2) is 5.22.